The molecule has 4 N–H and O–H groups in total. The van der Waals surface area contributed by atoms with Gasteiger partial charge in [0.15, 0.2) is 11.1 Å². The van der Waals surface area contributed by atoms with E-state index in [1.807, 2.05) is 12.1 Å². The fourth-order valence-electron chi connectivity index (χ4n) is 4.90. The molecule has 4 aromatic rings. The number of nitrogens with zero attached hydrogens (tertiary/aromatic N) is 6. The molecular formula is C28H34F2N8O5. The summed E-state index contributed by atoms with van der Waals surface area (Å²) in [5, 5.41) is 22.9. The number of anilines is 3. The van der Waals surface area contributed by atoms with Crippen LogP contribution in [0, 0.1) is 0 Å². The highest BCUT2D eigenvalue weighted by molar-refractivity contribution is 5.77. The molecule has 1 aromatic carbocycles. The number of hydrogen-bond donors (Lipinski definition) is 4. The number of nitrogens with one attached hydrogen (secondary N) is 2. The quantitative estimate of drug-likeness (QED) is 0.211. The van der Waals surface area contributed by atoms with Crippen LogP contribution in [0.2, 0.25) is 0 Å². The number of fused-ring (bicyclic) bond motifs is 1. The Hall–Kier alpha value is -4.34. The Kier molecular flexibility index (Phi) is 8.48. The second kappa shape index (κ2) is 12.1. The minimum atomic E-state index is -2.88. The summed E-state index contributed by atoms with van der Waals surface area (Å²) < 4.78 is 34.9. The van der Waals surface area contributed by atoms with Crippen molar-refractivity contribution in [3.63, 3.8) is 0 Å². The van der Waals surface area contributed by atoms with Crippen molar-refractivity contribution in [3.05, 3.63) is 62.8 Å². The van der Waals surface area contributed by atoms with Crippen molar-refractivity contribution >= 4 is 28.4 Å². The van der Waals surface area contributed by atoms with Crippen LogP contribution in [-0.2, 0) is 12.1 Å². The van der Waals surface area contributed by atoms with Crippen LogP contribution in [-0.4, -0.2) is 92.3 Å². The zero-order chi connectivity index (χ0) is 30.9. The Labute approximate surface area is 245 Å². The second-order valence-electron chi connectivity index (χ2n) is 10.9. The first-order valence-electron chi connectivity index (χ1n) is 13.8. The molecule has 230 valence electrons. The third kappa shape index (κ3) is 6.53. The maximum Gasteiger partial charge on any atom is 0.278 e. The Morgan fingerprint density at radius 1 is 1.14 bits per heavy atom. The van der Waals surface area contributed by atoms with Crippen molar-refractivity contribution in [2.24, 2.45) is 0 Å². The summed E-state index contributed by atoms with van der Waals surface area (Å²) in [5.74, 6) is 0.570. The van der Waals surface area contributed by atoms with Crippen LogP contribution in [0.3, 0.4) is 0 Å². The number of benzene rings is 1. The molecule has 0 bridgehead atoms. The summed E-state index contributed by atoms with van der Waals surface area (Å²) in [6, 6.07) is 7.77. The maximum absolute atomic E-state index is 13.6. The molecule has 0 radical (unpaired) electrons. The van der Waals surface area contributed by atoms with Crippen molar-refractivity contribution < 1.29 is 23.7 Å². The Balaban J connectivity index is 1.57. The molecular weight excluding hydrogens is 566 g/mol. The van der Waals surface area contributed by atoms with Crippen LogP contribution >= 0.6 is 0 Å². The molecule has 4 heterocycles. The van der Waals surface area contributed by atoms with Gasteiger partial charge in [-0.25, -0.2) is 23.1 Å². The fraction of sp³-hybridized carbons (Fsp3) is 0.429. The highest BCUT2D eigenvalue weighted by Crippen LogP contribution is 2.33. The van der Waals surface area contributed by atoms with Gasteiger partial charge in [0.25, 0.3) is 12.0 Å². The first-order chi connectivity index (χ1) is 20.4. The number of hydrogen-bond acceptors (Lipinski definition) is 10. The lowest BCUT2D eigenvalue weighted by Gasteiger charge is -2.35. The number of H-pyrrole nitrogens is 1. The lowest BCUT2D eigenvalue weighted by molar-refractivity contribution is 0.0735. The molecule has 0 unspecified atom stereocenters. The fourth-order valence-corrected chi connectivity index (χ4v) is 4.90. The topological polar surface area (TPSA) is 154 Å². The van der Waals surface area contributed by atoms with Crippen LogP contribution in [0.25, 0.3) is 16.9 Å². The molecule has 3 aromatic heterocycles. The third-order valence-electron chi connectivity index (χ3n) is 7.11. The normalized spacial score (nSPS) is 14.6. The second-order valence-corrected chi connectivity index (χ2v) is 10.9. The molecule has 0 saturated carbocycles. The highest BCUT2D eigenvalue weighted by Gasteiger charge is 2.24. The average molecular weight is 601 g/mol. The van der Waals surface area contributed by atoms with Crippen molar-refractivity contribution in [2.45, 2.75) is 32.4 Å². The summed E-state index contributed by atoms with van der Waals surface area (Å²) >= 11 is 0. The van der Waals surface area contributed by atoms with E-state index in [1.54, 1.807) is 6.07 Å². The summed E-state index contributed by atoms with van der Waals surface area (Å²) in [6.07, 6.45) is -1.66. The van der Waals surface area contributed by atoms with Gasteiger partial charge in [0, 0.05) is 56.3 Å². The van der Waals surface area contributed by atoms with E-state index in [2.05, 4.69) is 37.1 Å². The van der Waals surface area contributed by atoms with E-state index in [0.29, 0.717) is 11.4 Å². The molecule has 1 saturated heterocycles. The number of halogens is 2. The first kappa shape index (κ1) is 30.1. The molecule has 13 nitrogen and oxygen atoms in total. The molecule has 43 heavy (non-hydrogen) atoms. The first-order valence-corrected chi connectivity index (χ1v) is 13.8. The number of piperazine rings is 1. The number of ether oxygens (including phenoxy) is 1. The minimum absolute atomic E-state index is 0.0294. The van der Waals surface area contributed by atoms with Gasteiger partial charge in [-0.2, -0.15) is 4.98 Å². The van der Waals surface area contributed by atoms with Gasteiger partial charge in [-0.05, 0) is 33.0 Å². The van der Waals surface area contributed by atoms with E-state index in [-0.39, 0.29) is 41.7 Å². The zero-order valence-electron chi connectivity index (χ0n) is 24.0. The van der Waals surface area contributed by atoms with Crippen molar-refractivity contribution in [3.8, 4) is 11.6 Å². The number of alkyl halides is 2. The van der Waals surface area contributed by atoms with E-state index in [1.165, 1.54) is 26.1 Å². The standard InChI is InChI=1S/C28H34F2N8O5/c1-28(2,42)22-13-18(40)14-24(33-22)38-25-19(26(41)37(38)16-23(29)30)15-31-27(34-25)32-17-4-5-20(21(12-17)43-11-10-39)36-8-6-35(3)7-9-36/h4-5,12-15,23,39,42H,6-11,16H2,1-3H3,(H,33,40)(H,31,32,34). The number of rotatable bonds is 10. The van der Waals surface area contributed by atoms with E-state index >= 15 is 0 Å². The Bertz CT molecular complexity index is 1720. The largest absolute Gasteiger partial charge is 0.489 e. The van der Waals surface area contributed by atoms with Crippen molar-refractivity contribution in [1.82, 2.24) is 29.2 Å². The average Bonchev–Trinajstić information content (AvgIpc) is 3.21. The van der Waals surface area contributed by atoms with Crippen LogP contribution in [0.5, 0.6) is 5.75 Å². The van der Waals surface area contributed by atoms with E-state index in [4.69, 9.17) is 4.74 Å². The van der Waals surface area contributed by atoms with Gasteiger partial charge in [-0.3, -0.25) is 9.59 Å². The number of aliphatic hydroxyl groups is 2. The van der Waals surface area contributed by atoms with Crippen LogP contribution in [0.4, 0.5) is 26.1 Å². The molecule has 0 spiro atoms. The van der Waals surface area contributed by atoms with Gasteiger partial charge in [0.2, 0.25) is 5.95 Å². The van der Waals surface area contributed by atoms with Gasteiger partial charge in [-0.1, -0.05) is 0 Å². The van der Waals surface area contributed by atoms with Crippen molar-refractivity contribution in [2.75, 3.05) is 56.7 Å². The molecule has 0 aliphatic carbocycles. The molecule has 1 aliphatic heterocycles. The number of aromatic nitrogens is 5. The molecule has 1 fully saturated rings. The zero-order valence-corrected chi connectivity index (χ0v) is 24.0. The van der Waals surface area contributed by atoms with Crippen molar-refractivity contribution in [1.29, 1.82) is 0 Å². The van der Waals surface area contributed by atoms with E-state index in [0.717, 1.165) is 47.3 Å². The van der Waals surface area contributed by atoms with Gasteiger partial charge in [0.1, 0.15) is 30.1 Å². The Morgan fingerprint density at radius 2 is 1.88 bits per heavy atom. The smallest absolute Gasteiger partial charge is 0.278 e. The highest BCUT2D eigenvalue weighted by atomic mass is 19.3. The number of likely N-dealkylation sites (N-methyl/N-ethyl adjacent to an activating group) is 1. The maximum atomic E-state index is 13.6. The summed E-state index contributed by atoms with van der Waals surface area (Å²) in [5.41, 5.74) is -1.23. The lowest BCUT2D eigenvalue weighted by Crippen LogP contribution is -2.44. The minimum Gasteiger partial charge on any atom is -0.489 e. The molecule has 15 heteroatoms. The Morgan fingerprint density at radius 3 is 2.56 bits per heavy atom. The molecule has 0 atom stereocenters. The molecule has 1 aliphatic rings. The van der Waals surface area contributed by atoms with Crippen LogP contribution < -0.4 is 25.9 Å². The van der Waals surface area contributed by atoms with Gasteiger partial charge in [0.05, 0.1) is 23.6 Å². The summed E-state index contributed by atoms with van der Waals surface area (Å²) in [4.78, 5) is 41.7. The summed E-state index contributed by atoms with van der Waals surface area (Å²) in [7, 11) is 2.06. The third-order valence-corrected chi connectivity index (χ3v) is 7.11. The molecule has 5 rings (SSSR count). The van der Waals surface area contributed by atoms with Gasteiger partial charge in [-0.15, -0.1) is 0 Å². The van der Waals surface area contributed by atoms with Gasteiger partial charge >= 0.3 is 0 Å². The van der Waals surface area contributed by atoms with Crippen LogP contribution in [0.15, 0.2) is 46.1 Å². The van der Waals surface area contributed by atoms with E-state index in [9.17, 15) is 28.6 Å². The molecule has 0 amide bonds. The SMILES string of the molecule is CN1CCN(c2ccc(Nc3ncc4c(=O)n(CC(F)F)n(-c5cc(=O)cc(C(C)(C)O)[nH]5)c4n3)cc2OCCO)CC1. The number of aromatic amines is 1. The van der Waals surface area contributed by atoms with Crippen LogP contribution in [0.1, 0.15) is 19.5 Å². The predicted octanol–water partition coefficient (Wildman–Crippen LogP) is 1.63. The summed E-state index contributed by atoms with van der Waals surface area (Å²) in [6.45, 7) is 5.28. The van der Waals surface area contributed by atoms with E-state index < -0.39 is 29.6 Å². The van der Waals surface area contributed by atoms with Gasteiger partial charge < -0.3 is 35.1 Å². The lowest BCUT2D eigenvalue weighted by atomic mass is 10.1. The monoisotopic (exact) mass is 600 g/mol. The predicted molar refractivity (Wildman–Crippen MR) is 157 cm³/mol. The number of aliphatic hydroxyl groups excluding tert-OH is 1. The number of pyridine rings is 1.